The van der Waals surface area contributed by atoms with E-state index in [1.807, 2.05) is 0 Å². The summed E-state index contributed by atoms with van der Waals surface area (Å²) in [6, 6.07) is 5.29. The summed E-state index contributed by atoms with van der Waals surface area (Å²) in [5, 5.41) is 0. The number of esters is 1. The first-order valence-electron chi connectivity index (χ1n) is 12.6. The van der Waals surface area contributed by atoms with E-state index >= 15 is 0 Å². The number of carbonyl (C=O) groups excluding carboxylic acids is 2. The van der Waals surface area contributed by atoms with Crippen LogP contribution in [-0.2, 0) is 31.4 Å². The summed E-state index contributed by atoms with van der Waals surface area (Å²) < 4.78 is 111. The maximum absolute atomic E-state index is 13.7. The zero-order valence-electron chi connectivity index (χ0n) is 22.9. The maximum atomic E-state index is 13.7. The quantitative estimate of drug-likeness (QED) is 0.260. The highest BCUT2D eigenvalue weighted by atomic mass is 19.4. The molecule has 226 valence electrons. The number of hydrogen-bond donors (Lipinski definition) is 0. The molecular formula is C28H30F7NO5. The molecule has 1 heterocycles. The Balaban J connectivity index is 2.07. The van der Waals surface area contributed by atoms with Crippen molar-refractivity contribution in [2.24, 2.45) is 0 Å². The van der Waals surface area contributed by atoms with Gasteiger partial charge < -0.3 is 19.1 Å². The van der Waals surface area contributed by atoms with E-state index in [4.69, 9.17) is 14.2 Å². The average molecular weight is 594 g/mol. The first kappa shape index (κ1) is 32.2. The van der Waals surface area contributed by atoms with Crippen molar-refractivity contribution in [2.45, 2.75) is 76.2 Å². The Labute approximate surface area is 232 Å². The van der Waals surface area contributed by atoms with Gasteiger partial charge in [0, 0.05) is 5.92 Å². The molecule has 1 fully saturated rings. The molecule has 13 heteroatoms. The van der Waals surface area contributed by atoms with Crippen molar-refractivity contribution in [3.05, 3.63) is 70.5 Å². The Kier molecular flexibility index (Phi) is 9.31. The minimum atomic E-state index is -5.06. The van der Waals surface area contributed by atoms with Crippen molar-refractivity contribution in [1.82, 2.24) is 4.90 Å². The van der Waals surface area contributed by atoms with E-state index in [1.165, 1.54) is 24.0 Å². The number of carbonyl (C=O) groups is 2. The molecule has 1 saturated heterocycles. The lowest BCUT2D eigenvalue weighted by Gasteiger charge is -2.30. The van der Waals surface area contributed by atoms with Crippen molar-refractivity contribution in [3.8, 4) is 0 Å². The number of methoxy groups -OCH3 is 1. The maximum Gasteiger partial charge on any atom is 0.416 e. The Morgan fingerprint density at radius 3 is 1.95 bits per heavy atom. The van der Waals surface area contributed by atoms with Crippen LogP contribution in [0.15, 0.2) is 42.5 Å². The van der Waals surface area contributed by atoms with Crippen LogP contribution >= 0.6 is 0 Å². The number of benzene rings is 2. The molecule has 2 aromatic rings. The van der Waals surface area contributed by atoms with E-state index in [2.05, 4.69) is 0 Å². The number of hydrogen-bond acceptors (Lipinski definition) is 5. The molecule has 41 heavy (non-hydrogen) atoms. The summed E-state index contributed by atoms with van der Waals surface area (Å²) in [4.78, 5) is 26.7. The van der Waals surface area contributed by atoms with Crippen molar-refractivity contribution in [2.75, 3.05) is 13.7 Å². The fraction of sp³-hybridized carbons (Fsp3) is 0.500. The molecule has 0 N–H and O–H groups in total. The third-order valence-electron chi connectivity index (χ3n) is 6.54. The summed E-state index contributed by atoms with van der Waals surface area (Å²) in [5.74, 6) is -2.12. The van der Waals surface area contributed by atoms with Crippen LogP contribution in [0.3, 0.4) is 0 Å². The SMILES string of the molecule is COC(=O)C[C@H]1[C@H](c2ccc(F)cc2)[C@@H](O[C@H](C)c2cc(C(F)(F)F)cc(C(F)(F)F)c2)CN1C(=O)OC(C)(C)C. The second kappa shape index (κ2) is 11.9. The number of ether oxygens (including phenoxy) is 3. The summed E-state index contributed by atoms with van der Waals surface area (Å²) in [5.41, 5.74) is -3.92. The van der Waals surface area contributed by atoms with Crippen molar-refractivity contribution in [3.63, 3.8) is 0 Å². The van der Waals surface area contributed by atoms with E-state index in [-0.39, 0.29) is 19.0 Å². The van der Waals surface area contributed by atoms with Crippen LogP contribution in [0.25, 0.3) is 0 Å². The standard InChI is InChI=1S/C28H30F7NO5/c1-15(17-10-18(27(30,31)32)12-19(11-17)28(33,34)35)40-22-14-36(25(38)41-26(2,3)4)21(13-23(37)39-5)24(22)16-6-8-20(29)9-7-16/h6-12,15,21-22,24H,13-14H2,1-5H3/t15-,21+,22+,24+/m1/s1. The highest BCUT2D eigenvalue weighted by Crippen LogP contribution is 2.42. The van der Waals surface area contributed by atoms with Crippen LogP contribution < -0.4 is 0 Å². The molecule has 0 spiro atoms. The van der Waals surface area contributed by atoms with E-state index in [0.29, 0.717) is 17.7 Å². The van der Waals surface area contributed by atoms with Crippen molar-refractivity contribution >= 4 is 12.1 Å². The molecule has 0 saturated carbocycles. The predicted molar refractivity (Wildman–Crippen MR) is 132 cm³/mol. The summed E-state index contributed by atoms with van der Waals surface area (Å²) >= 11 is 0. The molecule has 0 aromatic heterocycles. The molecule has 1 amide bonds. The van der Waals surface area contributed by atoms with Gasteiger partial charge in [-0.05, 0) is 69.2 Å². The van der Waals surface area contributed by atoms with Gasteiger partial charge in [-0.3, -0.25) is 4.79 Å². The number of halogens is 7. The molecule has 0 aliphatic carbocycles. The Bertz CT molecular complexity index is 1210. The first-order valence-corrected chi connectivity index (χ1v) is 12.6. The lowest BCUT2D eigenvalue weighted by molar-refractivity contribution is -0.144. The smallest absolute Gasteiger partial charge is 0.416 e. The van der Waals surface area contributed by atoms with Crippen molar-refractivity contribution in [1.29, 1.82) is 0 Å². The highest BCUT2D eigenvalue weighted by molar-refractivity contribution is 5.74. The topological polar surface area (TPSA) is 65.1 Å². The highest BCUT2D eigenvalue weighted by Gasteiger charge is 2.48. The van der Waals surface area contributed by atoms with Gasteiger partial charge in [0.1, 0.15) is 11.4 Å². The normalized spacial score (nSPS) is 20.6. The number of alkyl halides is 6. The van der Waals surface area contributed by atoms with Gasteiger partial charge in [-0.1, -0.05) is 12.1 Å². The third kappa shape index (κ3) is 8.11. The minimum absolute atomic E-state index is 0.0176. The van der Waals surface area contributed by atoms with Gasteiger partial charge in [0.15, 0.2) is 0 Å². The number of amides is 1. The Hall–Kier alpha value is -3.35. The zero-order valence-corrected chi connectivity index (χ0v) is 22.9. The van der Waals surface area contributed by atoms with Crippen LogP contribution in [0, 0.1) is 5.82 Å². The second-order valence-corrected chi connectivity index (χ2v) is 10.7. The third-order valence-corrected chi connectivity index (χ3v) is 6.54. The van der Waals surface area contributed by atoms with E-state index in [1.54, 1.807) is 20.8 Å². The molecule has 0 unspecified atom stereocenters. The monoisotopic (exact) mass is 593 g/mol. The summed E-state index contributed by atoms with van der Waals surface area (Å²) in [6.45, 7) is 5.91. The van der Waals surface area contributed by atoms with Gasteiger partial charge in [0.25, 0.3) is 0 Å². The summed E-state index contributed by atoms with van der Waals surface area (Å²) in [6.07, 6.45) is -13.6. The Morgan fingerprint density at radius 2 is 1.49 bits per heavy atom. The molecule has 2 aromatic carbocycles. The number of likely N-dealkylation sites (tertiary alicyclic amines) is 1. The molecular weight excluding hydrogens is 563 g/mol. The van der Waals surface area contributed by atoms with Gasteiger partial charge in [-0.15, -0.1) is 0 Å². The largest absolute Gasteiger partial charge is 0.469 e. The van der Waals surface area contributed by atoms with Gasteiger partial charge in [0.05, 0.1) is 49.5 Å². The van der Waals surface area contributed by atoms with Gasteiger partial charge in [0.2, 0.25) is 0 Å². The van der Waals surface area contributed by atoms with E-state index in [0.717, 1.165) is 19.2 Å². The van der Waals surface area contributed by atoms with Crippen molar-refractivity contribution < 1.29 is 54.5 Å². The lowest BCUT2D eigenvalue weighted by atomic mass is 9.88. The molecule has 1 aliphatic rings. The van der Waals surface area contributed by atoms with E-state index < -0.39 is 76.7 Å². The first-order chi connectivity index (χ1) is 18.8. The minimum Gasteiger partial charge on any atom is -0.469 e. The fourth-order valence-corrected chi connectivity index (χ4v) is 4.71. The average Bonchev–Trinajstić information content (AvgIpc) is 3.19. The van der Waals surface area contributed by atoms with Gasteiger partial charge in [-0.25, -0.2) is 9.18 Å². The predicted octanol–water partition coefficient (Wildman–Crippen LogP) is 7.28. The zero-order chi connectivity index (χ0) is 30.9. The molecule has 6 nitrogen and oxygen atoms in total. The number of rotatable bonds is 6. The lowest BCUT2D eigenvalue weighted by Crippen LogP contribution is -2.42. The molecule has 1 aliphatic heterocycles. The molecule has 4 atom stereocenters. The van der Waals surface area contributed by atoms with Crippen LogP contribution in [0.4, 0.5) is 35.5 Å². The van der Waals surface area contributed by atoms with Crippen LogP contribution in [-0.4, -0.2) is 48.4 Å². The van der Waals surface area contributed by atoms with E-state index in [9.17, 15) is 40.3 Å². The van der Waals surface area contributed by atoms with Crippen LogP contribution in [0.5, 0.6) is 0 Å². The number of nitrogens with zero attached hydrogens (tertiary/aromatic N) is 1. The Morgan fingerprint density at radius 1 is 0.951 bits per heavy atom. The second-order valence-electron chi connectivity index (χ2n) is 10.7. The van der Waals surface area contributed by atoms with Crippen LogP contribution in [0.1, 0.15) is 68.4 Å². The molecule has 3 rings (SSSR count). The van der Waals surface area contributed by atoms with Gasteiger partial charge in [-0.2, -0.15) is 26.3 Å². The molecule has 0 radical (unpaired) electrons. The summed E-state index contributed by atoms with van der Waals surface area (Å²) in [7, 11) is 1.14. The molecule has 0 bridgehead atoms. The van der Waals surface area contributed by atoms with Crippen LogP contribution in [0.2, 0.25) is 0 Å². The fourth-order valence-electron chi connectivity index (χ4n) is 4.71. The van der Waals surface area contributed by atoms with Gasteiger partial charge >= 0.3 is 24.4 Å².